The number of esters is 4. The Morgan fingerprint density at radius 2 is 1.37 bits per heavy atom. The Balaban J connectivity index is 3.33. The highest BCUT2D eigenvalue weighted by Gasteiger charge is 2.52. The lowest BCUT2D eigenvalue weighted by Crippen LogP contribution is -2.66. The summed E-state index contributed by atoms with van der Waals surface area (Å²) in [6, 6.07) is -1.17. The molecule has 1 aliphatic rings. The summed E-state index contributed by atoms with van der Waals surface area (Å²) in [6.07, 6.45) is -5.45. The summed E-state index contributed by atoms with van der Waals surface area (Å²) < 4.78 is 25.6. The third-order valence-electron chi connectivity index (χ3n) is 3.50. The van der Waals surface area contributed by atoms with E-state index in [2.05, 4.69) is 10.1 Å². The van der Waals surface area contributed by atoms with E-state index in [1.54, 1.807) is 0 Å². The molecule has 1 saturated heterocycles. The van der Waals surface area contributed by atoms with Crippen LogP contribution in [0.25, 0.3) is 0 Å². The van der Waals surface area contributed by atoms with E-state index >= 15 is 0 Å². The smallest absolute Gasteiger partial charge is 0.308 e. The molecule has 1 heterocycles. The molecule has 152 valence electrons. The van der Waals surface area contributed by atoms with Crippen LogP contribution in [0.2, 0.25) is 0 Å². The summed E-state index contributed by atoms with van der Waals surface area (Å²) in [7, 11) is 1.15. The van der Waals surface area contributed by atoms with E-state index in [-0.39, 0.29) is 6.42 Å². The highest BCUT2D eigenvalue weighted by atomic mass is 16.7. The number of methoxy groups -OCH3 is 1. The molecule has 1 amide bonds. The Hall–Kier alpha value is -2.69. The topological polar surface area (TPSA) is 144 Å². The van der Waals surface area contributed by atoms with E-state index in [0.29, 0.717) is 0 Å². The van der Waals surface area contributed by atoms with Gasteiger partial charge in [-0.15, -0.1) is 0 Å². The van der Waals surface area contributed by atoms with Crippen molar-refractivity contribution >= 4 is 29.8 Å². The van der Waals surface area contributed by atoms with E-state index in [4.69, 9.17) is 18.9 Å². The van der Waals surface area contributed by atoms with Crippen LogP contribution < -0.4 is 5.32 Å². The van der Waals surface area contributed by atoms with Gasteiger partial charge >= 0.3 is 23.9 Å². The van der Waals surface area contributed by atoms with Gasteiger partial charge in [0.2, 0.25) is 12.2 Å². The van der Waals surface area contributed by atoms with Crippen LogP contribution in [-0.4, -0.2) is 67.5 Å². The first-order chi connectivity index (χ1) is 12.5. The van der Waals surface area contributed by atoms with Crippen molar-refractivity contribution in [2.45, 2.75) is 64.8 Å². The minimum Gasteiger partial charge on any atom is -0.469 e. The predicted molar refractivity (Wildman–Crippen MR) is 85.8 cm³/mol. The standard InChI is InChI=1S/C16H23NO10/c1-7(18)17-13-15(25-9(3)20)14(24-8(2)19)11(6-12(22)23-5)27-16(13)26-10(4)21/h11,13-16H,6H2,1-5H3,(H,17,18)/t11?,13?,14?,15-,16?/m1/s1. The van der Waals surface area contributed by atoms with Gasteiger partial charge in [0.05, 0.1) is 13.5 Å². The minimum absolute atomic E-state index is 0.378. The molecule has 5 atom stereocenters. The summed E-state index contributed by atoms with van der Waals surface area (Å²) in [5.74, 6) is -3.44. The van der Waals surface area contributed by atoms with Crippen molar-refractivity contribution in [1.82, 2.24) is 5.32 Å². The highest BCUT2D eigenvalue weighted by Crippen LogP contribution is 2.29. The van der Waals surface area contributed by atoms with E-state index in [1.807, 2.05) is 0 Å². The second kappa shape index (κ2) is 9.86. The lowest BCUT2D eigenvalue weighted by molar-refractivity contribution is -0.265. The monoisotopic (exact) mass is 389 g/mol. The van der Waals surface area contributed by atoms with Crippen molar-refractivity contribution < 1.29 is 47.7 Å². The maximum absolute atomic E-state index is 11.7. The maximum Gasteiger partial charge on any atom is 0.308 e. The van der Waals surface area contributed by atoms with Crippen molar-refractivity contribution in [2.24, 2.45) is 0 Å². The molecule has 1 fully saturated rings. The largest absolute Gasteiger partial charge is 0.469 e. The van der Waals surface area contributed by atoms with E-state index in [0.717, 1.165) is 27.9 Å². The molecule has 0 aromatic carbocycles. The zero-order valence-electron chi connectivity index (χ0n) is 15.7. The summed E-state index contributed by atoms with van der Waals surface area (Å²) in [4.78, 5) is 57.8. The Morgan fingerprint density at radius 3 is 1.81 bits per heavy atom. The molecule has 0 aliphatic carbocycles. The van der Waals surface area contributed by atoms with Crippen molar-refractivity contribution in [3.63, 3.8) is 0 Å². The van der Waals surface area contributed by atoms with E-state index < -0.39 is 60.4 Å². The van der Waals surface area contributed by atoms with Gasteiger partial charge in [-0.1, -0.05) is 0 Å². The summed E-state index contributed by atoms with van der Waals surface area (Å²) in [5.41, 5.74) is 0. The second-order valence-electron chi connectivity index (χ2n) is 5.81. The van der Waals surface area contributed by atoms with Gasteiger partial charge in [-0.25, -0.2) is 0 Å². The molecule has 4 unspecified atom stereocenters. The molecule has 1 N–H and O–H groups in total. The van der Waals surface area contributed by atoms with Crippen LogP contribution in [0.4, 0.5) is 0 Å². The summed E-state index contributed by atoms with van der Waals surface area (Å²) in [6.45, 7) is 4.53. The van der Waals surface area contributed by atoms with Gasteiger partial charge in [-0.3, -0.25) is 24.0 Å². The van der Waals surface area contributed by atoms with Crippen LogP contribution in [0.1, 0.15) is 34.1 Å². The first-order valence-electron chi connectivity index (χ1n) is 8.06. The van der Waals surface area contributed by atoms with Crippen molar-refractivity contribution in [2.75, 3.05) is 7.11 Å². The van der Waals surface area contributed by atoms with Crippen LogP contribution >= 0.6 is 0 Å². The first-order valence-corrected chi connectivity index (χ1v) is 8.06. The third-order valence-corrected chi connectivity index (χ3v) is 3.50. The molecular formula is C16H23NO10. The average molecular weight is 389 g/mol. The number of rotatable bonds is 6. The number of carbonyl (C=O) groups excluding carboxylic acids is 5. The quantitative estimate of drug-likeness (QED) is 0.453. The number of ether oxygens (including phenoxy) is 5. The Kier molecular flexibility index (Phi) is 8.16. The van der Waals surface area contributed by atoms with Crippen LogP contribution in [-0.2, 0) is 47.7 Å². The number of hydrogen-bond acceptors (Lipinski definition) is 10. The Morgan fingerprint density at radius 1 is 0.852 bits per heavy atom. The molecule has 0 aromatic heterocycles. The van der Waals surface area contributed by atoms with Crippen LogP contribution in [0.5, 0.6) is 0 Å². The van der Waals surface area contributed by atoms with Gasteiger partial charge in [-0.05, 0) is 0 Å². The zero-order valence-corrected chi connectivity index (χ0v) is 15.7. The molecule has 1 aliphatic heterocycles. The number of carbonyl (C=O) groups is 5. The van der Waals surface area contributed by atoms with E-state index in [1.165, 1.54) is 6.92 Å². The van der Waals surface area contributed by atoms with Crippen LogP contribution in [0.3, 0.4) is 0 Å². The van der Waals surface area contributed by atoms with Gasteiger partial charge in [0, 0.05) is 27.7 Å². The van der Waals surface area contributed by atoms with E-state index in [9.17, 15) is 24.0 Å². The van der Waals surface area contributed by atoms with Gasteiger partial charge in [0.25, 0.3) is 0 Å². The number of hydrogen-bond donors (Lipinski definition) is 1. The van der Waals surface area contributed by atoms with Crippen molar-refractivity contribution in [3.8, 4) is 0 Å². The molecule has 0 spiro atoms. The van der Waals surface area contributed by atoms with Crippen LogP contribution in [0, 0.1) is 0 Å². The second-order valence-corrected chi connectivity index (χ2v) is 5.81. The molecule has 27 heavy (non-hydrogen) atoms. The average Bonchev–Trinajstić information content (AvgIpc) is 2.52. The lowest BCUT2D eigenvalue weighted by Gasteiger charge is -2.44. The molecule has 0 radical (unpaired) electrons. The van der Waals surface area contributed by atoms with Gasteiger partial charge in [0.1, 0.15) is 12.1 Å². The SMILES string of the molecule is COC(=O)CC1OC(OC(C)=O)C(NC(C)=O)[C@@H](OC(C)=O)C1OC(C)=O. The minimum atomic E-state index is -1.39. The molecule has 0 bridgehead atoms. The van der Waals surface area contributed by atoms with Gasteiger partial charge in [0.15, 0.2) is 12.2 Å². The Bertz CT molecular complexity index is 604. The van der Waals surface area contributed by atoms with Gasteiger partial charge < -0.3 is 29.0 Å². The normalized spacial score (nSPS) is 27.1. The molecular weight excluding hydrogens is 366 g/mol. The molecule has 11 nitrogen and oxygen atoms in total. The molecule has 0 aromatic rings. The first kappa shape index (κ1) is 22.4. The maximum atomic E-state index is 11.7. The fourth-order valence-electron chi connectivity index (χ4n) is 2.63. The Labute approximate surface area is 155 Å². The third kappa shape index (κ3) is 6.85. The summed E-state index contributed by atoms with van der Waals surface area (Å²) >= 11 is 0. The zero-order chi connectivity index (χ0) is 20.7. The number of nitrogens with one attached hydrogen (secondary N) is 1. The fraction of sp³-hybridized carbons (Fsp3) is 0.688. The summed E-state index contributed by atoms with van der Waals surface area (Å²) in [5, 5.41) is 2.46. The lowest BCUT2D eigenvalue weighted by atomic mass is 9.94. The molecule has 0 saturated carbocycles. The van der Waals surface area contributed by atoms with Gasteiger partial charge in [-0.2, -0.15) is 0 Å². The molecule has 11 heteroatoms. The van der Waals surface area contributed by atoms with Crippen molar-refractivity contribution in [3.05, 3.63) is 0 Å². The highest BCUT2D eigenvalue weighted by molar-refractivity contribution is 5.74. The molecule has 1 rings (SSSR count). The fourth-order valence-corrected chi connectivity index (χ4v) is 2.63. The van der Waals surface area contributed by atoms with Crippen molar-refractivity contribution in [1.29, 1.82) is 0 Å². The predicted octanol–water partition coefficient (Wildman–Crippen LogP) is -0.794. The number of amides is 1. The van der Waals surface area contributed by atoms with Crippen LogP contribution in [0.15, 0.2) is 0 Å².